The summed E-state index contributed by atoms with van der Waals surface area (Å²) in [5.41, 5.74) is 3.97. The summed E-state index contributed by atoms with van der Waals surface area (Å²) in [7, 11) is 5.32. The highest BCUT2D eigenvalue weighted by molar-refractivity contribution is 5.03. The summed E-state index contributed by atoms with van der Waals surface area (Å²) in [6.45, 7) is 11.9. The van der Waals surface area contributed by atoms with Crippen molar-refractivity contribution in [3.05, 3.63) is 68.5 Å². The van der Waals surface area contributed by atoms with Gasteiger partial charge >= 0.3 is 11.4 Å². The molecule has 0 unspecified atom stereocenters. The zero-order chi connectivity index (χ0) is 18.6. The van der Waals surface area contributed by atoms with Gasteiger partial charge in [-0.05, 0) is 27.7 Å². The van der Waals surface area contributed by atoms with E-state index in [1.165, 1.54) is 0 Å². The molecule has 0 saturated heterocycles. The Balaban J connectivity index is 0.000000243. The number of aromatic nitrogens is 4. The van der Waals surface area contributed by atoms with Crippen molar-refractivity contribution < 1.29 is 9.13 Å². The smallest absolute Gasteiger partial charge is 0.198 e. The second-order valence-electron chi connectivity index (χ2n) is 6.00. The first-order valence-electron chi connectivity index (χ1n) is 7.83. The Labute approximate surface area is 142 Å². The van der Waals surface area contributed by atoms with Crippen LogP contribution in [0.2, 0.25) is 0 Å². The van der Waals surface area contributed by atoms with Crippen molar-refractivity contribution in [2.24, 2.45) is 21.1 Å². The summed E-state index contributed by atoms with van der Waals surface area (Å²) in [6.07, 6.45) is 1.73. The van der Waals surface area contributed by atoms with Crippen molar-refractivity contribution in [1.29, 1.82) is 0 Å². The van der Waals surface area contributed by atoms with Crippen molar-refractivity contribution in [1.82, 2.24) is 9.13 Å². The van der Waals surface area contributed by atoms with Gasteiger partial charge in [-0.2, -0.15) is 27.9 Å². The second kappa shape index (κ2) is 7.86. The second-order valence-corrected chi connectivity index (χ2v) is 6.00. The molecule has 0 radical (unpaired) electrons. The molecule has 2 rings (SSSR count). The number of rotatable bonds is 2. The molecular formula is C18H28N4O2+2. The highest BCUT2D eigenvalue weighted by Crippen LogP contribution is 1.94. The topological polar surface area (TPSA) is 51.8 Å². The zero-order valence-electron chi connectivity index (χ0n) is 15.8. The molecule has 0 saturated carbocycles. The lowest BCUT2D eigenvalue weighted by atomic mass is 10.3. The van der Waals surface area contributed by atoms with E-state index >= 15 is 0 Å². The van der Waals surface area contributed by atoms with Gasteiger partial charge in [0.05, 0.1) is 21.1 Å². The van der Waals surface area contributed by atoms with Gasteiger partial charge in [-0.3, -0.25) is 0 Å². The average Bonchev–Trinajstić information content (AvgIpc) is 2.53. The minimum Gasteiger partial charge on any atom is -0.198 e. The van der Waals surface area contributed by atoms with E-state index in [1.54, 1.807) is 45.5 Å². The monoisotopic (exact) mass is 332 g/mol. The molecule has 2 aromatic rings. The fourth-order valence-electron chi connectivity index (χ4n) is 2.33. The molecule has 0 aromatic carbocycles. The van der Waals surface area contributed by atoms with Crippen LogP contribution in [-0.4, -0.2) is 9.13 Å². The van der Waals surface area contributed by atoms with E-state index in [9.17, 15) is 9.59 Å². The lowest BCUT2D eigenvalue weighted by molar-refractivity contribution is -0.697. The highest BCUT2D eigenvalue weighted by atomic mass is 16.2. The van der Waals surface area contributed by atoms with Gasteiger partial charge in [-0.1, -0.05) is 12.7 Å². The Morgan fingerprint density at radius 2 is 1.42 bits per heavy atom. The predicted molar refractivity (Wildman–Crippen MR) is 93.9 cm³/mol. The lowest BCUT2D eigenvalue weighted by Crippen LogP contribution is -2.54. The standard InChI is InChI=1S/C10H15N2O.C8H13N2O/c1-5-6-12-9(3)7-8(2)11(4)10(12)13;1-6-5-7(2)10(4)8(11)9(6)3/h5,7H,1,6H2,2-4H3;5H,1-4H3/q2*+1. The first-order valence-corrected chi connectivity index (χ1v) is 7.83. The molecule has 0 amide bonds. The van der Waals surface area contributed by atoms with E-state index in [-0.39, 0.29) is 11.4 Å². The van der Waals surface area contributed by atoms with Gasteiger partial charge in [0.2, 0.25) is 0 Å². The van der Waals surface area contributed by atoms with Gasteiger partial charge in [-0.15, -0.1) is 0 Å². The molecular weight excluding hydrogens is 304 g/mol. The number of nitrogens with zero attached hydrogens (tertiary/aromatic N) is 4. The van der Waals surface area contributed by atoms with Crippen LogP contribution in [0.5, 0.6) is 0 Å². The summed E-state index contributed by atoms with van der Waals surface area (Å²) in [5.74, 6) is 0. The normalized spacial score (nSPS) is 10.1. The van der Waals surface area contributed by atoms with Crippen LogP contribution < -0.4 is 20.5 Å². The van der Waals surface area contributed by atoms with Crippen LogP contribution in [0, 0.1) is 27.7 Å². The number of hydrogen-bond acceptors (Lipinski definition) is 2. The largest absolute Gasteiger partial charge is 0.498 e. The third-order valence-electron chi connectivity index (χ3n) is 4.25. The molecule has 0 atom stereocenters. The molecule has 2 aromatic heterocycles. The maximum absolute atomic E-state index is 11.7. The first-order chi connectivity index (χ1) is 11.1. The summed E-state index contributed by atoms with van der Waals surface area (Å²) < 4.78 is 6.59. The van der Waals surface area contributed by atoms with Crippen LogP contribution in [-0.2, 0) is 27.7 Å². The van der Waals surface area contributed by atoms with E-state index < -0.39 is 0 Å². The van der Waals surface area contributed by atoms with Crippen LogP contribution in [0.1, 0.15) is 22.8 Å². The van der Waals surface area contributed by atoms with Crippen LogP contribution in [0.3, 0.4) is 0 Å². The Morgan fingerprint density at radius 3 is 1.92 bits per heavy atom. The Kier molecular flexibility index (Phi) is 6.40. The molecule has 0 spiro atoms. The van der Waals surface area contributed by atoms with Gasteiger partial charge in [0.15, 0.2) is 0 Å². The molecule has 0 bridgehead atoms. The van der Waals surface area contributed by atoms with Gasteiger partial charge in [0.1, 0.15) is 29.3 Å². The third kappa shape index (κ3) is 4.07. The SMILES string of the molecule is C=CCn1c(C)cc(C)[n+](C)c1=O.Cc1cc(C)[n+](C)c(=O)n1C. The number of allylic oxidation sites excluding steroid dienone is 1. The van der Waals surface area contributed by atoms with Crippen LogP contribution in [0.15, 0.2) is 34.4 Å². The summed E-state index contributed by atoms with van der Waals surface area (Å²) in [6, 6.07) is 3.98. The fraction of sp³-hybridized carbons (Fsp3) is 0.444. The number of aryl methyl sites for hydroxylation is 4. The average molecular weight is 332 g/mol. The molecule has 6 nitrogen and oxygen atoms in total. The zero-order valence-corrected chi connectivity index (χ0v) is 15.8. The lowest BCUT2D eigenvalue weighted by Gasteiger charge is -2.03. The van der Waals surface area contributed by atoms with Gasteiger partial charge in [0.25, 0.3) is 0 Å². The Bertz CT molecular complexity index is 847. The molecule has 0 aliphatic heterocycles. The van der Waals surface area contributed by atoms with Crippen LogP contribution in [0.4, 0.5) is 0 Å². The highest BCUT2D eigenvalue weighted by Gasteiger charge is 2.12. The first kappa shape index (κ1) is 19.5. The molecule has 130 valence electrons. The Morgan fingerprint density at radius 1 is 0.958 bits per heavy atom. The van der Waals surface area contributed by atoms with E-state index in [0.717, 1.165) is 22.8 Å². The third-order valence-corrected chi connectivity index (χ3v) is 4.25. The maximum atomic E-state index is 11.7. The molecule has 6 heteroatoms. The minimum atomic E-state index is 0.0115. The predicted octanol–water partition coefficient (Wildman–Crippen LogP) is 0.302. The van der Waals surface area contributed by atoms with Crippen molar-refractivity contribution >= 4 is 0 Å². The summed E-state index contributed by atoms with van der Waals surface area (Å²) in [4.78, 5) is 23.0. The van der Waals surface area contributed by atoms with Crippen molar-refractivity contribution in [2.45, 2.75) is 34.2 Å². The van der Waals surface area contributed by atoms with E-state index in [0.29, 0.717) is 6.54 Å². The molecule has 0 N–H and O–H groups in total. The molecule has 0 aliphatic carbocycles. The molecule has 2 heterocycles. The van der Waals surface area contributed by atoms with Crippen molar-refractivity contribution in [3.8, 4) is 0 Å². The van der Waals surface area contributed by atoms with Crippen molar-refractivity contribution in [2.75, 3.05) is 0 Å². The Hall–Kier alpha value is -2.50. The minimum absolute atomic E-state index is 0.0115. The van der Waals surface area contributed by atoms with Crippen LogP contribution in [0.25, 0.3) is 0 Å². The van der Waals surface area contributed by atoms with Gasteiger partial charge < -0.3 is 0 Å². The maximum Gasteiger partial charge on any atom is 0.498 e. The summed E-state index contributed by atoms with van der Waals surface area (Å²) in [5, 5.41) is 0. The summed E-state index contributed by atoms with van der Waals surface area (Å²) >= 11 is 0. The van der Waals surface area contributed by atoms with E-state index in [1.807, 2.05) is 39.8 Å². The molecule has 0 aliphatic rings. The van der Waals surface area contributed by atoms with E-state index in [4.69, 9.17) is 0 Å². The molecule has 24 heavy (non-hydrogen) atoms. The fourth-order valence-corrected chi connectivity index (χ4v) is 2.33. The number of hydrogen-bond donors (Lipinski definition) is 0. The van der Waals surface area contributed by atoms with Crippen LogP contribution >= 0.6 is 0 Å². The van der Waals surface area contributed by atoms with Gasteiger partial charge in [0, 0.05) is 12.1 Å². The molecule has 0 fully saturated rings. The van der Waals surface area contributed by atoms with E-state index in [2.05, 4.69) is 6.58 Å². The van der Waals surface area contributed by atoms with Crippen molar-refractivity contribution in [3.63, 3.8) is 0 Å². The quantitative estimate of drug-likeness (QED) is 0.587. The van der Waals surface area contributed by atoms with Gasteiger partial charge in [-0.25, -0.2) is 0 Å².